The number of nitrogens with zero attached hydrogens (tertiary/aromatic N) is 1. The molecule has 0 aliphatic heterocycles. The maximum absolute atomic E-state index is 8.89. The molecule has 0 aromatic carbocycles. The van der Waals surface area contributed by atoms with Crippen molar-refractivity contribution in [2.75, 3.05) is 33.5 Å². The van der Waals surface area contributed by atoms with Crippen LogP contribution in [0.5, 0.6) is 0 Å². The molecular weight excluding hydrogens is 204 g/mol. The summed E-state index contributed by atoms with van der Waals surface area (Å²) < 4.78 is 10.8. The highest BCUT2D eigenvalue weighted by Gasteiger charge is 2.20. The smallest absolute Gasteiger partial charge is 0.105 e. The fraction of sp³-hybridized carbons (Fsp3) is 0.917. The molecule has 0 aromatic rings. The van der Waals surface area contributed by atoms with E-state index in [0.29, 0.717) is 32.2 Å². The summed E-state index contributed by atoms with van der Waals surface area (Å²) >= 11 is 0. The molecule has 0 saturated carbocycles. The van der Waals surface area contributed by atoms with Crippen LogP contribution in [0.15, 0.2) is 0 Å². The molecule has 1 atom stereocenters. The Morgan fingerprint density at radius 1 is 1.25 bits per heavy atom. The highest BCUT2D eigenvalue weighted by Crippen LogP contribution is 2.06. The zero-order chi connectivity index (χ0) is 12.4. The second-order valence-corrected chi connectivity index (χ2v) is 4.53. The van der Waals surface area contributed by atoms with Crippen molar-refractivity contribution in [3.05, 3.63) is 0 Å². The van der Waals surface area contributed by atoms with Crippen LogP contribution in [0.3, 0.4) is 0 Å². The highest BCUT2D eigenvalue weighted by molar-refractivity contribution is 5.02. The molecule has 0 rings (SSSR count). The number of hydrogen-bond donors (Lipinski definition) is 1. The monoisotopic (exact) mass is 228 g/mol. The fourth-order valence-electron chi connectivity index (χ4n) is 1.05. The molecule has 4 nitrogen and oxygen atoms in total. The van der Waals surface area contributed by atoms with E-state index in [1.807, 2.05) is 6.92 Å². The molecule has 4 heteroatoms. The normalized spacial score (nSPS) is 14.8. The Morgan fingerprint density at radius 2 is 1.88 bits per heavy atom. The summed E-state index contributed by atoms with van der Waals surface area (Å²) in [5.41, 5.74) is -0.487. The van der Waals surface area contributed by atoms with Crippen molar-refractivity contribution in [3.8, 4) is 6.07 Å². The van der Waals surface area contributed by atoms with Crippen molar-refractivity contribution in [1.29, 1.82) is 5.26 Å². The maximum atomic E-state index is 8.89. The minimum atomic E-state index is -0.487. The number of nitriles is 1. The topological polar surface area (TPSA) is 54.3 Å². The largest absolute Gasteiger partial charge is 0.379 e. The van der Waals surface area contributed by atoms with Crippen LogP contribution in [0, 0.1) is 17.2 Å². The summed E-state index contributed by atoms with van der Waals surface area (Å²) in [6.45, 7) is 8.68. The SMILES string of the molecule is CNC(C)(C#N)CCOCCOCC(C)C. The van der Waals surface area contributed by atoms with Gasteiger partial charge in [0, 0.05) is 19.6 Å². The van der Waals surface area contributed by atoms with Gasteiger partial charge < -0.3 is 14.8 Å². The molecule has 0 aliphatic carbocycles. The van der Waals surface area contributed by atoms with Crippen LogP contribution < -0.4 is 5.32 Å². The van der Waals surface area contributed by atoms with E-state index in [-0.39, 0.29) is 0 Å². The van der Waals surface area contributed by atoms with E-state index < -0.39 is 5.54 Å². The lowest BCUT2D eigenvalue weighted by atomic mass is 10.0. The second kappa shape index (κ2) is 8.51. The number of nitrogens with one attached hydrogen (secondary N) is 1. The molecule has 0 heterocycles. The Labute approximate surface area is 98.9 Å². The van der Waals surface area contributed by atoms with Crippen molar-refractivity contribution in [1.82, 2.24) is 5.32 Å². The number of ether oxygens (including phenoxy) is 2. The van der Waals surface area contributed by atoms with Crippen LogP contribution in [0.1, 0.15) is 27.2 Å². The van der Waals surface area contributed by atoms with Crippen LogP contribution in [0.2, 0.25) is 0 Å². The molecule has 0 fully saturated rings. The van der Waals surface area contributed by atoms with E-state index in [4.69, 9.17) is 14.7 Å². The van der Waals surface area contributed by atoms with E-state index in [2.05, 4.69) is 25.2 Å². The van der Waals surface area contributed by atoms with Gasteiger partial charge in [0.2, 0.25) is 0 Å². The average molecular weight is 228 g/mol. The van der Waals surface area contributed by atoms with Gasteiger partial charge in [0.15, 0.2) is 0 Å². The summed E-state index contributed by atoms with van der Waals surface area (Å²) in [5, 5.41) is 11.9. The molecule has 0 aromatic heterocycles. The molecule has 0 spiro atoms. The lowest BCUT2D eigenvalue weighted by molar-refractivity contribution is 0.0336. The van der Waals surface area contributed by atoms with Gasteiger partial charge in [-0.05, 0) is 19.9 Å². The van der Waals surface area contributed by atoms with Crippen LogP contribution >= 0.6 is 0 Å². The quantitative estimate of drug-likeness (QED) is 0.609. The lowest BCUT2D eigenvalue weighted by Gasteiger charge is -2.20. The Bertz CT molecular complexity index is 214. The third-order valence-electron chi connectivity index (χ3n) is 2.37. The van der Waals surface area contributed by atoms with Crippen molar-refractivity contribution in [2.45, 2.75) is 32.7 Å². The number of hydrogen-bond acceptors (Lipinski definition) is 4. The van der Waals surface area contributed by atoms with E-state index in [1.54, 1.807) is 7.05 Å². The molecule has 0 radical (unpaired) electrons. The van der Waals surface area contributed by atoms with Crippen LogP contribution in [0.4, 0.5) is 0 Å². The van der Waals surface area contributed by atoms with Gasteiger partial charge in [-0.1, -0.05) is 13.8 Å². The first kappa shape index (κ1) is 15.4. The summed E-state index contributed by atoms with van der Waals surface area (Å²) in [7, 11) is 1.79. The van der Waals surface area contributed by atoms with E-state index >= 15 is 0 Å². The lowest BCUT2D eigenvalue weighted by Crippen LogP contribution is -2.39. The van der Waals surface area contributed by atoms with Crippen molar-refractivity contribution >= 4 is 0 Å². The van der Waals surface area contributed by atoms with Gasteiger partial charge in [-0.3, -0.25) is 0 Å². The Morgan fingerprint density at radius 3 is 2.38 bits per heavy atom. The standard InChI is InChI=1S/C12H24N2O2/c1-11(2)9-16-8-7-15-6-5-12(3,10-13)14-4/h11,14H,5-9H2,1-4H3. The Balaban J connectivity index is 3.37. The molecule has 0 bridgehead atoms. The van der Waals surface area contributed by atoms with Gasteiger partial charge in [0.1, 0.15) is 5.54 Å². The molecule has 1 N–H and O–H groups in total. The predicted molar refractivity (Wildman–Crippen MR) is 64.2 cm³/mol. The molecule has 0 saturated heterocycles. The van der Waals surface area contributed by atoms with E-state index in [0.717, 1.165) is 6.61 Å². The first-order valence-corrected chi connectivity index (χ1v) is 5.79. The summed E-state index contributed by atoms with van der Waals surface area (Å²) in [6.07, 6.45) is 0.685. The average Bonchev–Trinajstić information content (AvgIpc) is 2.27. The zero-order valence-corrected chi connectivity index (χ0v) is 10.9. The first-order valence-electron chi connectivity index (χ1n) is 5.79. The molecule has 1 unspecified atom stereocenters. The van der Waals surface area contributed by atoms with Gasteiger partial charge in [0.25, 0.3) is 0 Å². The molecule has 16 heavy (non-hydrogen) atoms. The summed E-state index contributed by atoms with van der Waals surface area (Å²) in [4.78, 5) is 0. The van der Waals surface area contributed by atoms with Gasteiger partial charge in [-0.2, -0.15) is 5.26 Å². The van der Waals surface area contributed by atoms with Gasteiger partial charge in [-0.15, -0.1) is 0 Å². The Kier molecular flexibility index (Phi) is 8.18. The highest BCUT2D eigenvalue weighted by atomic mass is 16.5. The molecule has 94 valence electrons. The van der Waals surface area contributed by atoms with E-state index in [1.165, 1.54) is 0 Å². The van der Waals surface area contributed by atoms with Gasteiger partial charge in [0.05, 0.1) is 19.3 Å². The first-order chi connectivity index (χ1) is 7.54. The van der Waals surface area contributed by atoms with Gasteiger partial charge >= 0.3 is 0 Å². The third kappa shape index (κ3) is 7.63. The minimum absolute atomic E-state index is 0.487. The maximum Gasteiger partial charge on any atom is 0.105 e. The molecule has 0 amide bonds. The van der Waals surface area contributed by atoms with Gasteiger partial charge in [-0.25, -0.2) is 0 Å². The predicted octanol–water partition coefficient (Wildman–Crippen LogP) is 1.57. The zero-order valence-electron chi connectivity index (χ0n) is 10.9. The van der Waals surface area contributed by atoms with Crippen LogP contribution in [0.25, 0.3) is 0 Å². The fourth-order valence-corrected chi connectivity index (χ4v) is 1.05. The van der Waals surface area contributed by atoms with Crippen LogP contribution in [-0.4, -0.2) is 39.0 Å². The molecular formula is C12H24N2O2. The third-order valence-corrected chi connectivity index (χ3v) is 2.37. The number of rotatable bonds is 9. The van der Waals surface area contributed by atoms with Crippen molar-refractivity contribution in [3.63, 3.8) is 0 Å². The molecule has 0 aliphatic rings. The summed E-state index contributed by atoms with van der Waals surface area (Å²) in [6, 6.07) is 2.22. The van der Waals surface area contributed by atoms with Crippen molar-refractivity contribution < 1.29 is 9.47 Å². The second-order valence-electron chi connectivity index (χ2n) is 4.53. The Hall–Kier alpha value is -0.630. The van der Waals surface area contributed by atoms with E-state index in [9.17, 15) is 0 Å². The van der Waals surface area contributed by atoms with Crippen LogP contribution in [-0.2, 0) is 9.47 Å². The summed E-state index contributed by atoms with van der Waals surface area (Å²) in [5.74, 6) is 0.561. The minimum Gasteiger partial charge on any atom is -0.379 e. The van der Waals surface area contributed by atoms with Crippen molar-refractivity contribution in [2.24, 2.45) is 5.92 Å².